The van der Waals surface area contributed by atoms with Crippen LogP contribution in [0.1, 0.15) is 34.0 Å². The van der Waals surface area contributed by atoms with Crippen molar-refractivity contribution >= 4 is 50.2 Å². The van der Waals surface area contributed by atoms with Crippen LogP contribution in [0, 0.1) is 0 Å². The van der Waals surface area contributed by atoms with Gasteiger partial charge in [-0.15, -0.1) is 0 Å². The van der Waals surface area contributed by atoms with Gasteiger partial charge in [-0.25, -0.2) is 15.0 Å². The number of aliphatic imine (C=N–C) groups is 2. The van der Waals surface area contributed by atoms with Gasteiger partial charge in [0.2, 0.25) is 0 Å². The average Bonchev–Trinajstić information content (AvgIpc) is 3.38. The molecular formula is C59H41N5. The first-order chi connectivity index (χ1) is 31.7. The maximum Gasteiger partial charge on any atom is 0.159 e. The van der Waals surface area contributed by atoms with Gasteiger partial charge in [0.15, 0.2) is 5.84 Å². The number of rotatable bonds is 7. The molecular weight excluding hydrogens is 779 g/mol. The molecule has 1 aromatic heterocycles. The molecule has 0 fully saturated rings. The molecule has 2 aliphatic rings. The van der Waals surface area contributed by atoms with E-state index >= 15 is 0 Å². The Morgan fingerprint density at radius 1 is 0.438 bits per heavy atom. The molecule has 302 valence electrons. The van der Waals surface area contributed by atoms with Crippen molar-refractivity contribution in [1.82, 2.24) is 15.6 Å². The Labute approximate surface area is 371 Å². The maximum absolute atomic E-state index is 5.23. The fourth-order valence-corrected chi connectivity index (χ4v) is 9.20. The van der Waals surface area contributed by atoms with Gasteiger partial charge in [0.05, 0.1) is 11.2 Å². The van der Waals surface area contributed by atoms with Gasteiger partial charge in [-0.1, -0.05) is 164 Å². The number of nitrogens with one attached hydrogen (secondary N) is 2. The average molecular weight is 820 g/mol. The third-order valence-electron chi connectivity index (χ3n) is 12.5. The molecule has 1 unspecified atom stereocenters. The summed E-state index contributed by atoms with van der Waals surface area (Å²) in [6.45, 7) is 0.742. The highest BCUT2D eigenvalue weighted by Crippen LogP contribution is 2.37. The Bertz CT molecular complexity index is 3520. The topological polar surface area (TPSA) is 61.7 Å². The van der Waals surface area contributed by atoms with Gasteiger partial charge < -0.3 is 10.6 Å². The van der Waals surface area contributed by atoms with E-state index in [2.05, 4.69) is 199 Å². The predicted molar refractivity (Wildman–Crippen MR) is 266 cm³/mol. The number of amidine groups is 2. The van der Waals surface area contributed by atoms with Crippen LogP contribution in [0.15, 0.2) is 222 Å². The molecule has 10 aromatic rings. The monoisotopic (exact) mass is 819 g/mol. The largest absolute Gasteiger partial charge is 0.387 e. The van der Waals surface area contributed by atoms with Crippen LogP contribution < -0.4 is 10.6 Å². The summed E-state index contributed by atoms with van der Waals surface area (Å²) in [5.74, 6) is 1.48. The van der Waals surface area contributed by atoms with E-state index in [0.29, 0.717) is 5.84 Å². The summed E-state index contributed by atoms with van der Waals surface area (Å²) in [7, 11) is 0. The zero-order valence-corrected chi connectivity index (χ0v) is 34.9. The Morgan fingerprint density at radius 2 is 1.00 bits per heavy atom. The van der Waals surface area contributed by atoms with E-state index in [9.17, 15) is 0 Å². The molecule has 0 aliphatic carbocycles. The van der Waals surface area contributed by atoms with Crippen molar-refractivity contribution in [2.24, 2.45) is 9.98 Å². The molecule has 3 heterocycles. The van der Waals surface area contributed by atoms with Gasteiger partial charge in [-0.3, -0.25) is 0 Å². The number of aromatic nitrogens is 1. The van der Waals surface area contributed by atoms with E-state index in [4.69, 9.17) is 15.0 Å². The summed E-state index contributed by atoms with van der Waals surface area (Å²) in [5, 5.41) is 13.1. The van der Waals surface area contributed by atoms with Crippen molar-refractivity contribution in [3.8, 4) is 44.6 Å². The number of benzene rings is 9. The van der Waals surface area contributed by atoms with Crippen LogP contribution in [0.4, 0.5) is 0 Å². The summed E-state index contributed by atoms with van der Waals surface area (Å²) in [5.41, 5.74) is 15.5. The summed E-state index contributed by atoms with van der Waals surface area (Å²) in [4.78, 5) is 15.6. The van der Waals surface area contributed by atoms with Gasteiger partial charge in [0.1, 0.15) is 12.0 Å². The van der Waals surface area contributed by atoms with E-state index in [1.807, 2.05) is 30.5 Å². The summed E-state index contributed by atoms with van der Waals surface area (Å²) < 4.78 is 0. The number of hydrogen-bond acceptors (Lipinski definition) is 5. The number of pyridine rings is 1. The van der Waals surface area contributed by atoms with Crippen molar-refractivity contribution in [3.63, 3.8) is 0 Å². The second-order valence-electron chi connectivity index (χ2n) is 16.5. The first kappa shape index (κ1) is 37.4. The third-order valence-corrected chi connectivity index (χ3v) is 12.5. The smallest absolute Gasteiger partial charge is 0.159 e. The minimum absolute atomic E-state index is 0.304. The quantitative estimate of drug-likeness (QED) is 0.168. The van der Waals surface area contributed by atoms with Crippen molar-refractivity contribution in [1.29, 1.82) is 0 Å². The zero-order valence-electron chi connectivity index (χ0n) is 34.9. The van der Waals surface area contributed by atoms with E-state index in [-0.39, 0.29) is 6.17 Å². The maximum atomic E-state index is 5.23. The van der Waals surface area contributed by atoms with Crippen LogP contribution in [-0.2, 0) is 6.54 Å². The molecule has 5 heteroatoms. The van der Waals surface area contributed by atoms with Gasteiger partial charge in [0, 0.05) is 34.2 Å². The molecule has 2 N–H and O–H groups in total. The van der Waals surface area contributed by atoms with Crippen LogP contribution in [-0.4, -0.2) is 16.7 Å². The number of fused-ring (bicyclic) bond motifs is 5. The van der Waals surface area contributed by atoms with Crippen molar-refractivity contribution in [2.45, 2.75) is 12.7 Å². The number of nitrogens with zero attached hydrogens (tertiary/aromatic N) is 3. The lowest BCUT2D eigenvalue weighted by atomic mass is 9.92. The van der Waals surface area contributed by atoms with E-state index in [0.717, 1.165) is 78.9 Å². The summed E-state index contributed by atoms with van der Waals surface area (Å²) >= 11 is 0. The SMILES string of the molecule is C1=Cc2c(c(-c3ccc4cc(-c5cc(C6=NC(c7ccccc7)=NC(c7ccccc7)N6)cc(-c6ccc(-c7ccc8ccccc8c7)cc6)c5)ccc4c3)nc3ccccc23)CN1. The lowest BCUT2D eigenvalue weighted by molar-refractivity contribution is 0.674. The van der Waals surface area contributed by atoms with Crippen molar-refractivity contribution in [2.75, 3.05) is 0 Å². The molecule has 0 saturated heterocycles. The molecule has 64 heavy (non-hydrogen) atoms. The molecule has 0 saturated carbocycles. The van der Waals surface area contributed by atoms with E-state index < -0.39 is 0 Å². The molecule has 0 amide bonds. The van der Waals surface area contributed by atoms with Crippen molar-refractivity contribution in [3.05, 3.63) is 240 Å². The summed E-state index contributed by atoms with van der Waals surface area (Å²) in [6.07, 6.45) is 3.91. The molecule has 12 rings (SSSR count). The Balaban J connectivity index is 0.965. The second-order valence-corrected chi connectivity index (χ2v) is 16.5. The predicted octanol–water partition coefficient (Wildman–Crippen LogP) is 13.8. The minimum Gasteiger partial charge on any atom is -0.387 e. The zero-order chi connectivity index (χ0) is 42.4. The third kappa shape index (κ3) is 6.99. The van der Waals surface area contributed by atoms with Gasteiger partial charge in [-0.05, 0) is 121 Å². The molecule has 0 bridgehead atoms. The first-order valence-corrected chi connectivity index (χ1v) is 21.8. The standard InChI is InChI=1S/C59H41N5/c1-3-12-41(13-4-1)57-62-58(42-14-5-2-6-15-42)64-59(63-57)51-35-49(40-21-19-39(20-22-40)44-24-23-38-11-7-8-16-43(38)31-44)34-50(36-51)47-26-25-46-33-48(28-27-45(46)32-47)56-54-37-60-30-29-52(54)53-17-9-10-18-55(53)61-56/h1-36,57,60H,37H2,(H,62,63,64). The van der Waals surface area contributed by atoms with Gasteiger partial charge in [-0.2, -0.15) is 0 Å². The van der Waals surface area contributed by atoms with Crippen LogP contribution in [0.2, 0.25) is 0 Å². The molecule has 2 aliphatic heterocycles. The summed E-state index contributed by atoms with van der Waals surface area (Å²) in [6, 6.07) is 73.5. The molecule has 9 aromatic carbocycles. The molecule has 5 nitrogen and oxygen atoms in total. The fraction of sp³-hybridized carbons (Fsp3) is 0.0339. The van der Waals surface area contributed by atoms with Crippen LogP contribution >= 0.6 is 0 Å². The number of hydrogen-bond donors (Lipinski definition) is 2. The van der Waals surface area contributed by atoms with Crippen molar-refractivity contribution < 1.29 is 0 Å². The van der Waals surface area contributed by atoms with Gasteiger partial charge in [0.25, 0.3) is 0 Å². The molecule has 0 spiro atoms. The minimum atomic E-state index is -0.304. The second kappa shape index (κ2) is 15.8. The highest BCUT2D eigenvalue weighted by atomic mass is 15.2. The van der Waals surface area contributed by atoms with E-state index in [1.165, 1.54) is 38.4 Å². The van der Waals surface area contributed by atoms with Crippen LogP contribution in [0.5, 0.6) is 0 Å². The highest BCUT2D eigenvalue weighted by molar-refractivity contribution is 6.14. The molecule has 1 atom stereocenters. The van der Waals surface area contributed by atoms with Crippen LogP contribution in [0.25, 0.3) is 83.2 Å². The lowest BCUT2D eigenvalue weighted by Crippen LogP contribution is -2.33. The normalized spacial score (nSPS) is 14.4. The molecule has 0 radical (unpaired) electrons. The lowest BCUT2D eigenvalue weighted by Gasteiger charge is -2.24. The Kier molecular flexibility index (Phi) is 9.23. The van der Waals surface area contributed by atoms with Crippen LogP contribution in [0.3, 0.4) is 0 Å². The Morgan fingerprint density at radius 3 is 1.78 bits per heavy atom. The number of para-hydroxylation sites is 1. The highest BCUT2D eigenvalue weighted by Gasteiger charge is 2.23. The Hall–Kier alpha value is -8.41. The fourth-order valence-electron chi connectivity index (χ4n) is 9.20. The van der Waals surface area contributed by atoms with E-state index in [1.54, 1.807) is 0 Å². The first-order valence-electron chi connectivity index (χ1n) is 21.8. The van der Waals surface area contributed by atoms with Gasteiger partial charge >= 0.3 is 0 Å².